The molecule has 1 saturated carbocycles. The van der Waals surface area contributed by atoms with Crippen LogP contribution in [0.5, 0.6) is 0 Å². The van der Waals surface area contributed by atoms with Crippen LogP contribution in [0.25, 0.3) is 0 Å². The number of nitrogens with one attached hydrogen (secondary N) is 1. The molecule has 2 rings (SSSR count). The molecule has 3 heteroatoms. The quantitative estimate of drug-likeness (QED) is 0.828. The monoisotopic (exact) mass is 254 g/mol. The molecule has 0 amide bonds. The summed E-state index contributed by atoms with van der Waals surface area (Å²) in [7, 11) is 0. The van der Waals surface area contributed by atoms with Crippen molar-refractivity contribution in [2.75, 3.05) is 5.75 Å². The van der Waals surface area contributed by atoms with Crippen molar-refractivity contribution in [1.29, 1.82) is 0 Å². The van der Waals surface area contributed by atoms with E-state index in [0.29, 0.717) is 12.1 Å². The molecule has 98 valence electrons. The van der Waals surface area contributed by atoms with E-state index in [1.165, 1.54) is 43.0 Å². The molecule has 17 heavy (non-hydrogen) atoms. The first-order valence-corrected chi connectivity index (χ1v) is 8.11. The zero-order valence-electron chi connectivity index (χ0n) is 11.4. The van der Waals surface area contributed by atoms with E-state index >= 15 is 0 Å². The van der Waals surface area contributed by atoms with Crippen LogP contribution in [-0.4, -0.2) is 23.0 Å². The van der Waals surface area contributed by atoms with Crippen molar-refractivity contribution < 1.29 is 0 Å². The van der Waals surface area contributed by atoms with Crippen molar-refractivity contribution in [3.05, 3.63) is 0 Å². The summed E-state index contributed by atoms with van der Waals surface area (Å²) in [5, 5.41) is 4.84. The molecule has 0 radical (unpaired) electrons. The summed E-state index contributed by atoms with van der Waals surface area (Å²) < 4.78 is 0. The van der Waals surface area contributed by atoms with E-state index in [-0.39, 0.29) is 0 Å². The fourth-order valence-corrected chi connectivity index (χ4v) is 3.98. The normalized spacial score (nSPS) is 27.5. The summed E-state index contributed by atoms with van der Waals surface area (Å²) >= 11 is 1.92. The summed E-state index contributed by atoms with van der Waals surface area (Å²) in [6.07, 6.45) is 6.89. The summed E-state index contributed by atoms with van der Waals surface area (Å²) in [5.41, 5.74) is 0. The van der Waals surface area contributed by atoms with Crippen LogP contribution in [0.4, 0.5) is 0 Å². The first kappa shape index (κ1) is 13.3. The lowest BCUT2D eigenvalue weighted by molar-refractivity contribution is 0.427. The highest BCUT2D eigenvalue weighted by atomic mass is 32.2. The molecule has 1 fully saturated rings. The lowest BCUT2D eigenvalue weighted by atomic mass is 10.0. The zero-order chi connectivity index (χ0) is 12.3. The Morgan fingerprint density at radius 3 is 2.65 bits per heavy atom. The van der Waals surface area contributed by atoms with Crippen LogP contribution < -0.4 is 5.32 Å². The predicted molar refractivity (Wildman–Crippen MR) is 77.7 cm³/mol. The van der Waals surface area contributed by atoms with E-state index in [0.717, 1.165) is 11.8 Å². The Balaban J connectivity index is 1.78. The standard InChI is InChI=1S/C14H26N2S/c1-10(2)8-13-9-17-14(16-13)15-11(3)12-6-4-5-7-12/h10-13H,4-9H2,1-3H3,(H,15,16). The Bertz CT molecular complexity index is 269. The maximum absolute atomic E-state index is 4.81. The molecule has 1 aliphatic heterocycles. The minimum Gasteiger partial charge on any atom is -0.362 e. The van der Waals surface area contributed by atoms with Crippen molar-refractivity contribution in [3.8, 4) is 0 Å². The van der Waals surface area contributed by atoms with Gasteiger partial charge in [-0.25, -0.2) is 0 Å². The van der Waals surface area contributed by atoms with Crippen LogP contribution >= 0.6 is 11.8 Å². The third-order valence-electron chi connectivity index (χ3n) is 3.91. The summed E-state index contributed by atoms with van der Waals surface area (Å²) in [6, 6.07) is 1.17. The Hall–Kier alpha value is -0.180. The van der Waals surface area contributed by atoms with E-state index < -0.39 is 0 Å². The SMILES string of the molecule is CC(C)CC1CSC(NC(C)C2CCCC2)=N1. The number of amidine groups is 1. The van der Waals surface area contributed by atoms with Crippen LogP contribution in [0.2, 0.25) is 0 Å². The molecule has 0 spiro atoms. The van der Waals surface area contributed by atoms with E-state index in [1.807, 2.05) is 11.8 Å². The van der Waals surface area contributed by atoms with Crippen LogP contribution in [0.3, 0.4) is 0 Å². The lowest BCUT2D eigenvalue weighted by Gasteiger charge is -2.20. The largest absolute Gasteiger partial charge is 0.362 e. The molecule has 0 aromatic carbocycles. The fraction of sp³-hybridized carbons (Fsp3) is 0.929. The number of thioether (sulfide) groups is 1. The van der Waals surface area contributed by atoms with Gasteiger partial charge in [0.1, 0.15) is 0 Å². The molecule has 0 bridgehead atoms. The highest BCUT2D eigenvalue weighted by molar-refractivity contribution is 8.14. The van der Waals surface area contributed by atoms with E-state index in [4.69, 9.17) is 4.99 Å². The Labute approximate surface area is 110 Å². The molecule has 0 saturated heterocycles. The summed E-state index contributed by atoms with van der Waals surface area (Å²) in [5.74, 6) is 2.82. The molecule has 0 aromatic rings. The average molecular weight is 254 g/mol. The smallest absolute Gasteiger partial charge is 0.157 e. The maximum Gasteiger partial charge on any atom is 0.157 e. The van der Waals surface area contributed by atoms with Crippen molar-refractivity contribution in [2.24, 2.45) is 16.8 Å². The predicted octanol–water partition coefficient (Wildman–Crippen LogP) is 3.67. The van der Waals surface area contributed by atoms with Crippen LogP contribution in [-0.2, 0) is 0 Å². The Kier molecular flexibility index (Phi) is 4.78. The topological polar surface area (TPSA) is 24.4 Å². The zero-order valence-corrected chi connectivity index (χ0v) is 12.2. The highest BCUT2D eigenvalue weighted by Crippen LogP contribution is 2.29. The molecule has 1 heterocycles. The van der Waals surface area contributed by atoms with Gasteiger partial charge in [0.25, 0.3) is 0 Å². The molecule has 0 aromatic heterocycles. The van der Waals surface area contributed by atoms with Crippen molar-refractivity contribution in [2.45, 2.75) is 65.0 Å². The van der Waals surface area contributed by atoms with Gasteiger partial charge >= 0.3 is 0 Å². The van der Waals surface area contributed by atoms with Gasteiger partial charge in [-0.05, 0) is 38.0 Å². The van der Waals surface area contributed by atoms with Gasteiger partial charge in [0.05, 0.1) is 6.04 Å². The van der Waals surface area contributed by atoms with Crippen molar-refractivity contribution >= 4 is 16.9 Å². The third kappa shape index (κ3) is 3.90. The van der Waals surface area contributed by atoms with E-state index in [1.54, 1.807) is 0 Å². The van der Waals surface area contributed by atoms with Crippen molar-refractivity contribution in [1.82, 2.24) is 5.32 Å². The average Bonchev–Trinajstić information content (AvgIpc) is 2.87. The molecular weight excluding hydrogens is 228 g/mol. The summed E-state index contributed by atoms with van der Waals surface area (Å²) in [6.45, 7) is 6.90. The van der Waals surface area contributed by atoms with Gasteiger partial charge in [-0.1, -0.05) is 38.5 Å². The minimum absolute atomic E-state index is 0.554. The maximum atomic E-state index is 4.81. The van der Waals surface area contributed by atoms with Crippen LogP contribution in [0.15, 0.2) is 4.99 Å². The number of rotatable bonds is 4. The van der Waals surface area contributed by atoms with Crippen LogP contribution in [0.1, 0.15) is 52.9 Å². The third-order valence-corrected chi connectivity index (χ3v) is 4.96. The van der Waals surface area contributed by atoms with Gasteiger partial charge in [0.2, 0.25) is 0 Å². The van der Waals surface area contributed by atoms with E-state index in [9.17, 15) is 0 Å². The molecule has 1 aliphatic carbocycles. The minimum atomic E-state index is 0.554. The second kappa shape index (κ2) is 6.12. The van der Waals surface area contributed by atoms with Gasteiger partial charge in [-0.2, -0.15) is 0 Å². The number of hydrogen-bond acceptors (Lipinski definition) is 3. The molecule has 2 nitrogen and oxygen atoms in total. The molecule has 2 aliphatic rings. The van der Waals surface area contributed by atoms with E-state index in [2.05, 4.69) is 26.1 Å². The molecule has 2 unspecified atom stereocenters. The number of nitrogens with zero attached hydrogens (tertiary/aromatic N) is 1. The molecule has 1 N–H and O–H groups in total. The Morgan fingerprint density at radius 2 is 2.00 bits per heavy atom. The first-order valence-electron chi connectivity index (χ1n) is 7.12. The molecule has 2 atom stereocenters. The first-order chi connectivity index (χ1) is 8.15. The lowest BCUT2D eigenvalue weighted by Crippen LogP contribution is -2.35. The van der Waals surface area contributed by atoms with Crippen molar-refractivity contribution in [3.63, 3.8) is 0 Å². The van der Waals surface area contributed by atoms with Gasteiger partial charge < -0.3 is 5.32 Å². The van der Waals surface area contributed by atoms with Gasteiger partial charge in [0, 0.05) is 11.8 Å². The molecular formula is C14H26N2S. The van der Waals surface area contributed by atoms with Gasteiger partial charge in [-0.3, -0.25) is 4.99 Å². The Morgan fingerprint density at radius 1 is 1.29 bits per heavy atom. The summed E-state index contributed by atoms with van der Waals surface area (Å²) in [4.78, 5) is 4.81. The van der Waals surface area contributed by atoms with Gasteiger partial charge in [-0.15, -0.1) is 0 Å². The number of hydrogen-bond donors (Lipinski definition) is 1. The second-order valence-corrected chi connectivity index (χ2v) is 7.01. The fourth-order valence-electron chi connectivity index (χ4n) is 2.93. The number of aliphatic imine (C=N–C) groups is 1. The van der Waals surface area contributed by atoms with Gasteiger partial charge in [0.15, 0.2) is 5.17 Å². The van der Waals surface area contributed by atoms with Crippen LogP contribution in [0, 0.1) is 11.8 Å². The highest BCUT2D eigenvalue weighted by Gasteiger charge is 2.25. The second-order valence-electron chi connectivity index (χ2n) is 6.01.